The van der Waals surface area contributed by atoms with Crippen molar-refractivity contribution in [3.05, 3.63) is 46.0 Å². The van der Waals surface area contributed by atoms with Crippen LogP contribution in [0.2, 0.25) is 0 Å². The van der Waals surface area contributed by atoms with Crippen molar-refractivity contribution in [2.75, 3.05) is 31.1 Å². The zero-order valence-corrected chi connectivity index (χ0v) is 20.8. The Kier molecular flexibility index (Phi) is 5.16. The third kappa shape index (κ3) is 3.83. The second-order valence-electron chi connectivity index (χ2n) is 10.9. The summed E-state index contributed by atoms with van der Waals surface area (Å²) in [5.41, 5.74) is 3.24. The molecule has 0 saturated carbocycles. The van der Waals surface area contributed by atoms with Gasteiger partial charge in [-0.05, 0) is 45.7 Å². The molecule has 1 N–H and O–H groups in total. The molecule has 4 heterocycles. The molecule has 0 unspecified atom stereocenters. The number of aromatic amines is 1. The van der Waals surface area contributed by atoms with Gasteiger partial charge in [0.15, 0.2) is 0 Å². The van der Waals surface area contributed by atoms with Gasteiger partial charge in [0.05, 0.1) is 28.5 Å². The lowest BCUT2D eigenvalue weighted by molar-refractivity contribution is -0.0266. The number of nitrogens with zero attached hydrogens (tertiary/aromatic N) is 5. The number of nitrogens with one attached hydrogen (secondary N) is 1. The second-order valence-corrected chi connectivity index (χ2v) is 10.9. The Morgan fingerprint density at radius 2 is 1.97 bits per heavy atom. The van der Waals surface area contributed by atoms with E-state index in [0.29, 0.717) is 30.8 Å². The molecule has 5 rings (SSSR count). The van der Waals surface area contributed by atoms with Gasteiger partial charge in [-0.2, -0.15) is 10.4 Å². The third-order valence-corrected chi connectivity index (χ3v) is 7.03. The SMILES string of the molecule is Cc1ccc2[nH]ncc2c1-c1c(C#N)c(N2CCC3(CN(C(=O)OC(C)(C)C)C3)C2)cn(C)c1=O. The maximum absolute atomic E-state index is 13.4. The molecule has 2 aromatic heterocycles. The number of carbonyl (C=O) groups excluding carboxylic acids is 1. The number of amides is 1. The topological polar surface area (TPSA) is 107 Å². The molecule has 2 fully saturated rings. The number of aryl methyl sites for hydroxylation is 2. The van der Waals surface area contributed by atoms with Crippen LogP contribution in [0.1, 0.15) is 38.3 Å². The number of hydrogen-bond acceptors (Lipinski definition) is 6. The molecule has 3 aromatic rings. The number of likely N-dealkylation sites (tertiary alicyclic amines) is 1. The summed E-state index contributed by atoms with van der Waals surface area (Å²) in [5.74, 6) is 0. The number of nitriles is 1. The van der Waals surface area contributed by atoms with Crippen LogP contribution in [0.15, 0.2) is 29.3 Å². The Morgan fingerprint density at radius 1 is 1.23 bits per heavy atom. The summed E-state index contributed by atoms with van der Waals surface area (Å²) in [6, 6.07) is 6.21. The molecule has 35 heavy (non-hydrogen) atoms. The van der Waals surface area contributed by atoms with Gasteiger partial charge in [-0.15, -0.1) is 0 Å². The fraction of sp³-hybridized carbons (Fsp3) is 0.462. The Labute approximate surface area is 203 Å². The van der Waals surface area contributed by atoms with E-state index < -0.39 is 5.60 Å². The molecule has 0 bridgehead atoms. The lowest BCUT2D eigenvalue weighted by Gasteiger charge is -2.47. The van der Waals surface area contributed by atoms with Crippen molar-refractivity contribution in [1.82, 2.24) is 19.7 Å². The Balaban J connectivity index is 1.49. The zero-order valence-electron chi connectivity index (χ0n) is 20.8. The van der Waals surface area contributed by atoms with E-state index in [9.17, 15) is 14.9 Å². The fourth-order valence-electron chi connectivity index (χ4n) is 5.38. The lowest BCUT2D eigenvalue weighted by atomic mass is 9.79. The quantitative estimate of drug-likeness (QED) is 0.609. The summed E-state index contributed by atoms with van der Waals surface area (Å²) < 4.78 is 7.07. The average Bonchev–Trinajstić information content (AvgIpc) is 3.41. The first-order valence-electron chi connectivity index (χ1n) is 11.8. The van der Waals surface area contributed by atoms with E-state index in [2.05, 4.69) is 21.2 Å². The molecule has 9 nitrogen and oxygen atoms in total. The Bertz CT molecular complexity index is 1430. The van der Waals surface area contributed by atoms with Crippen LogP contribution >= 0.6 is 0 Å². The molecule has 2 aliphatic heterocycles. The number of carbonyl (C=O) groups is 1. The molecule has 0 radical (unpaired) electrons. The highest BCUT2D eigenvalue weighted by Gasteiger charge is 2.50. The normalized spacial score (nSPS) is 17.0. The van der Waals surface area contributed by atoms with Gasteiger partial charge in [-0.25, -0.2) is 4.79 Å². The molecule has 1 aromatic carbocycles. The predicted octanol–water partition coefficient (Wildman–Crippen LogP) is 3.56. The molecule has 0 aliphatic carbocycles. The van der Waals surface area contributed by atoms with Crippen LogP contribution in [0.3, 0.4) is 0 Å². The summed E-state index contributed by atoms with van der Waals surface area (Å²) in [4.78, 5) is 29.7. The molecule has 2 saturated heterocycles. The maximum atomic E-state index is 13.4. The standard InChI is InChI=1S/C26H30N6O3/c1-16-6-7-19-18(11-28-29-19)21(16)22-17(10-27)20(12-30(5)23(22)33)31-9-8-26(13-31)14-32(15-26)24(34)35-25(2,3)4/h6-7,11-12H,8-9,13-15H2,1-5H3,(H,28,29). The van der Waals surface area contributed by atoms with Gasteiger partial charge in [-0.1, -0.05) is 6.07 Å². The van der Waals surface area contributed by atoms with E-state index in [1.165, 1.54) is 0 Å². The van der Waals surface area contributed by atoms with Gasteiger partial charge in [0.1, 0.15) is 11.7 Å². The molecule has 182 valence electrons. The predicted molar refractivity (Wildman–Crippen MR) is 133 cm³/mol. The minimum absolute atomic E-state index is 0.0288. The van der Waals surface area contributed by atoms with Gasteiger partial charge in [-0.3, -0.25) is 9.89 Å². The molecule has 1 amide bonds. The smallest absolute Gasteiger partial charge is 0.410 e. The van der Waals surface area contributed by atoms with Gasteiger partial charge < -0.3 is 19.1 Å². The molecule has 2 aliphatic rings. The number of rotatable bonds is 2. The zero-order chi connectivity index (χ0) is 25.1. The summed E-state index contributed by atoms with van der Waals surface area (Å²) >= 11 is 0. The van der Waals surface area contributed by atoms with Crippen LogP contribution in [0.25, 0.3) is 22.0 Å². The van der Waals surface area contributed by atoms with Crippen LogP contribution < -0.4 is 10.5 Å². The summed E-state index contributed by atoms with van der Waals surface area (Å²) in [5, 5.41) is 18.2. The number of pyridine rings is 1. The maximum Gasteiger partial charge on any atom is 0.410 e. The number of ether oxygens (including phenoxy) is 1. The van der Waals surface area contributed by atoms with Crippen molar-refractivity contribution >= 4 is 22.7 Å². The molecule has 9 heteroatoms. The average molecular weight is 475 g/mol. The first-order chi connectivity index (χ1) is 16.5. The number of benzene rings is 1. The van der Waals surface area contributed by atoms with E-state index in [1.54, 1.807) is 28.9 Å². The van der Waals surface area contributed by atoms with Gasteiger partial charge >= 0.3 is 6.09 Å². The molecule has 1 spiro atoms. The Hall–Kier alpha value is -3.80. The van der Waals surface area contributed by atoms with Crippen molar-refractivity contribution in [1.29, 1.82) is 5.26 Å². The van der Waals surface area contributed by atoms with E-state index in [0.717, 1.165) is 40.7 Å². The van der Waals surface area contributed by atoms with Gasteiger partial charge in [0.2, 0.25) is 0 Å². The molecular weight excluding hydrogens is 444 g/mol. The van der Waals surface area contributed by atoms with Crippen molar-refractivity contribution in [2.45, 2.75) is 39.7 Å². The van der Waals surface area contributed by atoms with Crippen LogP contribution in [0, 0.1) is 23.7 Å². The summed E-state index contributed by atoms with van der Waals surface area (Å²) in [7, 11) is 1.72. The first-order valence-corrected chi connectivity index (χ1v) is 11.8. The highest BCUT2D eigenvalue weighted by molar-refractivity contribution is 5.98. The van der Waals surface area contributed by atoms with Crippen LogP contribution in [0.5, 0.6) is 0 Å². The number of fused-ring (bicyclic) bond motifs is 1. The monoisotopic (exact) mass is 474 g/mol. The van der Waals surface area contributed by atoms with E-state index in [1.807, 2.05) is 39.8 Å². The highest BCUT2D eigenvalue weighted by atomic mass is 16.6. The number of H-pyrrole nitrogens is 1. The summed E-state index contributed by atoms with van der Waals surface area (Å²) in [6.45, 7) is 10.3. The molecule has 0 atom stereocenters. The summed E-state index contributed by atoms with van der Waals surface area (Å²) in [6.07, 6.45) is 4.09. The van der Waals surface area contributed by atoms with E-state index in [4.69, 9.17) is 4.74 Å². The first kappa shape index (κ1) is 23.0. The van der Waals surface area contributed by atoms with Crippen LogP contribution in [-0.4, -0.2) is 57.5 Å². The fourth-order valence-corrected chi connectivity index (χ4v) is 5.38. The number of anilines is 1. The number of aromatic nitrogens is 3. The third-order valence-electron chi connectivity index (χ3n) is 7.03. The van der Waals surface area contributed by atoms with Gasteiger partial charge in [0, 0.05) is 55.8 Å². The minimum atomic E-state index is -0.523. The lowest BCUT2D eigenvalue weighted by Crippen LogP contribution is -2.60. The molecular formula is C26H30N6O3. The highest BCUT2D eigenvalue weighted by Crippen LogP contribution is 2.43. The van der Waals surface area contributed by atoms with Crippen molar-refractivity contribution in [3.8, 4) is 17.2 Å². The van der Waals surface area contributed by atoms with Crippen molar-refractivity contribution in [3.63, 3.8) is 0 Å². The van der Waals surface area contributed by atoms with Crippen molar-refractivity contribution < 1.29 is 9.53 Å². The number of hydrogen-bond donors (Lipinski definition) is 1. The van der Waals surface area contributed by atoms with Crippen molar-refractivity contribution in [2.24, 2.45) is 12.5 Å². The second kappa shape index (κ2) is 7.87. The van der Waals surface area contributed by atoms with E-state index >= 15 is 0 Å². The largest absolute Gasteiger partial charge is 0.444 e. The van der Waals surface area contributed by atoms with Crippen LogP contribution in [0.4, 0.5) is 10.5 Å². The Morgan fingerprint density at radius 3 is 2.66 bits per heavy atom. The van der Waals surface area contributed by atoms with Crippen LogP contribution in [-0.2, 0) is 11.8 Å². The van der Waals surface area contributed by atoms with E-state index in [-0.39, 0.29) is 17.1 Å². The minimum Gasteiger partial charge on any atom is -0.444 e. The van der Waals surface area contributed by atoms with Gasteiger partial charge in [0.25, 0.3) is 5.56 Å².